The summed E-state index contributed by atoms with van der Waals surface area (Å²) in [6.07, 6.45) is 2.53. The molecule has 0 atom stereocenters. The fourth-order valence-corrected chi connectivity index (χ4v) is 4.62. The molecular weight excluding hydrogens is 259 g/mol. The van der Waals surface area contributed by atoms with Crippen molar-refractivity contribution < 1.29 is 0 Å². The van der Waals surface area contributed by atoms with E-state index >= 15 is 0 Å². The van der Waals surface area contributed by atoms with Crippen LogP contribution in [0, 0.1) is 0 Å². The van der Waals surface area contributed by atoms with Crippen LogP contribution in [0.15, 0.2) is 66.0 Å². The van der Waals surface area contributed by atoms with Gasteiger partial charge in [0.1, 0.15) is 0 Å². The van der Waals surface area contributed by atoms with Crippen LogP contribution in [0.1, 0.15) is 31.9 Å². The number of rotatable bonds is 5. The van der Waals surface area contributed by atoms with Crippen molar-refractivity contribution in [1.29, 1.82) is 0 Å². The van der Waals surface area contributed by atoms with Crippen molar-refractivity contribution in [2.24, 2.45) is 0 Å². The first-order chi connectivity index (χ1) is 9.77. The maximum absolute atomic E-state index is 2.33. The Morgan fingerprint density at radius 1 is 0.750 bits per heavy atom. The lowest BCUT2D eigenvalue weighted by Crippen LogP contribution is -1.94. The van der Waals surface area contributed by atoms with E-state index in [9.17, 15) is 0 Å². The van der Waals surface area contributed by atoms with Gasteiger partial charge in [0.25, 0.3) is 0 Å². The summed E-state index contributed by atoms with van der Waals surface area (Å²) < 4.78 is 0. The molecule has 0 radical (unpaired) electrons. The lowest BCUT2D eigenvalue weighted by atomic mass is 9.98. The highest BCUT2D eigenvalue weighted by Crippen LogP contribution is 2.48. The van der Waals surface area contributed by atoms with Gasteiger partial charge in [-0.05, 0) is 41.3 Å². The first-order valence-electron chi connectivity index (χ1n) is 7.34. The Balaban J connectivity index is 2.59. The molecule has 0 aliphatic heterocycles. The van der Waals surface area contributed by atoms with Crippen molar-refractivity contribution in [2.75, 3.05) is 12.3 Å². The molecule has 2 rings (SSSR count). The van der Waals surface area contributed by atoms with E-state index in [-0.39, 0.29) is 7.92 Å². The van der Waals surface area contributed by atoms with E-state index < -0.39 is 0 Å². The highest BCUT2D eigenvalue weighted by Gasteiger charge is 2.14. The zero-order valence-electron chi connectivity index (χ0n) is 12.6. The van der Waals surface area contributed by atoms with E-state index in [1.54, 1.807) is 5.31 Å². The normalized spacial score (nSPS) is 10.6. The van der Waals surface area contributed by atoms with E-state index in [0.29, 0.717) is 0 Å². The molecule has 2 aromatic rings. The van der Waals surface area contributed by atoms with Gasteiger partial charge in [0.05, 0.1) is 0 Å². The lowest BCUT2D eigenvalue weighted by Gasteiger charge is -2.20. The summed E-state index contributed by atoms with van der Waals surface area (Å²) in [7, 11) is -0.0244. The van der Waals surface area contributed by atoms with Crippen LogP contribution >= 0.6 is 7.92 Å². The van der Waals surface area contributed by atoms with Crippen molar-refractivity contribution in [2.45, 2.75) is 20.8 Å². The topological polar surface area (TPSA) is 0 Å². The van der Waals surface area contributed by atoms with Crippen LogP contribution < -0.4 is 0 Å². The van der Waals surface area contributed by atoms with Crippen LogP contribution in [0.3, 0.4) is 0 Å². The summed E-state index contributed by atoms with van der Waals surface area (Å²) in [5, 5.41) is 1.57. The summed E-state index contributed by atoms with van der Waals surface area (Å²) in [4.78, 5) is 0. The molecule has 0 fully saturated rings. The summed E-state index contributed by atoms with van der Waals surface area (Å²) in [6, 6.07) is 21.6. The third-order valence-corrected chi connectivity index (χ3v) is 6.42. The van der Waals surface area contributed by atoms with Gasteiger partial charge < -0.3 is 0 Å². The maximum Gasteiger partial charge on any atom is -0.00775 e. The van der Waals surface area contributed by atoms with Crippen LogP contribution in [-0.2, 0) is 0 Å². The van der Waals surface area contributed by atoms with Crippen LogP contribution in [0.25, 0.3) is 5.57 Å². The average molecular weight is 282 g/mol. The largest absolute Gasteiger partial charge is 0.0799 e. The van der Waals surface area contributed by atoms with Crippen molar-refractivity contribution in [3.8, 4) is 0 Å². The summed E-state index contributed by atoms with van der Waals surface area (Å²) in [5.41, 5.74) is 4.11. The fraction of sp³-hybridized carbons (Fsp3) is 0.263. The minimum atomic E-state index is -0.0244. The highest BCUT2D eigenvalue weighted by atomic mass is 31.1. The predicted octanol–water partition coefficient (Wildman–Crippen LogP) is 5.99. The van der Waals surface area contributed by atoms with Crippen LogP contribution in [0.4, 0.5) is 0 Å². The second-order valence-corrected chi connectivity index (χ2v) is 7.88. The average Bonchev–Trinajstić information content (AvgIpc) is 2.51. The monoisotopic (exact) mass is 282 g/mol. The van der Waals surface area contributed by atoms with E-state index in [1.165, 1.54) is 29.0 Å². The van der Waals surface area contributed by atoms with Gasteiger partial charge in [-0.3, -0.25) is 0 Å². The molecule has 0 nitrogen and oxygen atoms in total. The van der Waals surface area contributed by atoms with Gasteiger partial charge in [-0.1, -0.05) is 82.4 Å². The molecule has 0 spiro atoms. The summed E-state index contributed by atoms with van der Waals surface area (Å²) in [6.45, 7) is 6.95. The summed E-state index contributed by atoms with van der Waals surface area (Å²) in [5.74, 6) is 0. The minimum Gasteiger partial charge on any atom is -0.0799 e. The zero-order valence-corrected chi connectivity index (χ0v) is 13.5. The van der Waals surface area contributed by atoms with Crippen LogP contribution in [0.2, 0.25) is 0 Å². The Morgan fingerprint density at radius 2 is 1.15 bits per heavy atom. The van der Waals surface area contributed by atoms with E-state index in [1.807, 2.05) is 0 Å². The molecule has 1 heteroatoms. The van der Waals surface area contributed by atoms with Gasteiger partial charge in [-0.25, -0.2) is 0 Å². The molecule has 0 aromatic heterocycles. The molecule has 0 unspecified atom stereocenters. The molecule has 0 bridgehead atoms. The van der Waals surface area contributed by atoms with Gasteiger partial charge in [-0.15, -0.1) is 0 Å². The SMILES string of the molecule is CCP(CC)C(C)=C(c1ccccc1)c1ccccc1. The van der Waals surface area contributed by atoms with Crippen LogP contribution in [0.5, 0.6) is 0 Å². The Labute approximate surface area is 124 Å². The third kappa shape index (κ3) is 3.38. The molecule has 104 valence electrons. The molecular formula is C19H23P. The van der Waals surface area contributed by atoms with Crippen molar-refractivity contribution in [1.82, 2.24) is 0 Å². The minimum absolute atomic E-state index is 0.0244. The number of allylic oxidation sites excluding steroid dienone is 1. The number of hydrogen-bond donors (Lipinski definition) is 0. The highest BCUT2D eigenvalue weighted by molar-refractivity contribution is 7.62. The third-order valence-electron chi connectivity index (χ3n) is 3.72. The van der Waals surface area contributed by atoms with Gasteiger partial charge in [0.15, 0.2) is 0 Å². The number of benzene rings is 2. The standard InChI is InChI=1S/C19H23P/c1-4-20(5-2)16(3)19(17-12-8-6-9-13-17)18-14-10-7-11-15-18/h6-15H,4-5H2,1-3H3. The predicted molar refractivity (Wildman–Crippen MR) is 92.6 cm³/mol. The Hall–Kier alpha value is -1.39. The second-order valence-electron chi connectivity index (χ2n) is 4.86. The molecule has 2 aromatic carbocycles. The van der Waals surface area contributed by atoms with Gasteiger partial charge in [-0.2, -0.15) is 0 Å². The van der Waals surface area contributed by atoms with E-state index in [2.05, 4.69) is 81.4 Å². The van der Waals surface area contributed by atoms with E-state index in [0.717, 1.165) is 0 Å². The molecule has 0 aliphatic rings. The number of hydrogen-bond acceptors (Lipinski definition) is 0. The van der Waals surface area contributed by atoms with Crippen molar-refractivity contribution in [3.63, 3.8) is 0 Å². The first-order valence-corrected chi connectivity index (χ1v) is 9.05. The molecule has 0 saturated carbocycles. The molecule has 0 amide bonds. The molecule has 0 aliphatic carbocycles. The maximum atomic E-state index is 2.33. The molecule has 0 N–H and O–H groups in total. The second kappa shape index (κ2) is 7.41. The Morgan fingerprint density at radius 3 is 1.50 bits per heavy atom. The van der Waals surface area contributed by atoms with Crippen molar-refractivity contribution >= 4 is 13.5 Å². The first kappa shape index (κ1) is 15.0. The van der Waals surface area contributed by atoms with Gasteiger partial charge in [0, 0.05) is 0 Å². The Kier molecular flexibility index (Phi) is 5.56. The molecule has 20 heavy (non-hydrogen) atoms. The quantitative estimate of drug-likeness (QED) is 0.591. The smallest absolute Gasteiger partial charge is 0.00775 e. The molecule has 0 heterocycles. The lowest BCUT2D eigenvalue weighted by molar-refractivity contribution is 1.39. The van der Waals surface area contributed by atoms with Crippen molar-refractivity contribution in [3.05, 3.63) is 77.1 Å². The Bertz CT molecular complexity index is 509. The van der Waals surface area contributed by atoms with Crippen LogP contribution in [-0.4, -0.2) is 12.3 Å². The van der Waals surface area contributed by atoms with E-state index in [4.69, 9.17) is 0 Å². The zero-order chi connectivity index (χ0) is 14.4. The molecule has 0 saturated heterocycles. The van der Waals surface area contributed by atoms with Gasteiger partial charge in [0.2, 0.25) is 0 Å². The summed E-state index contributed by atoms with van der Waals surface area (Å²) >= 11 is 0. The van der Waals surface area contributed by atoms with Gasteiger partial charge >= 0.3 is 0 Å². The fourth-order valence-electron chi connectivity index (χ4n) is 2.65.